The smallest absolute Gasteiger partial charge is 0.275 e. The van der Waals surface area contributed by atoms with Gasteiger partial charge in [-0.2, -0.15) is 0 Å². The van der Waals surface area contributed by atoms with Crippen LogP contribution in [0.3, 0.4) is 0 Å². The molecule has 0 aliphatic heterocycles. The van der Waals surface area contributed by atoms with E-state index in [1.54, 1.807) is 0 Å². The van der Waals surface area contributed by atoms with Gasteiger partial charge >= 0.3 is 0 Å². The molecule has 1 aromatic heterocycles. The summed E-state index contributed by atoms with van der Waals surface area (Å²) in [6, 6.07) is 8.07. The highest BCUT2D eigenvalue weighted by atomic mass is 16.5. The van der Waals surface area contributed by atoms with Crippen molar-refractivity contribution in [3.63, 3.8) is 0 Å². The van der Waals surface area contributed by atoms with Gasteiger partial charge in [-0.05, 0) is 38.2 Å². The first-order valence-electron chi connectivity index (χ1n) is 7.50. The van der Waals surface area contributed by atoms with Crippen molar-refractivity contribution in [1.29, 1.82) is 0 Å². The number of nitrogens with zero attached hydrogens (tertiary/aromatic N) is 2. The van der Waals surface area contributed by atoms with Gasteiger partial charge in [0.25, 0.3) is 5.56 Å². The van der Waals surface area contributed by atoms with Gasteiger partial charge in [0, 0.05) is 13.1 Å². The van der Waals surface area contributed by atoms with Gasteiger partial charge in [0.1, 0.15) is 11.4 Å². The van der Waals surface area contributed by atoms with Crippen LogP contribution >= 0.6 is 0 Å². The zero-order valence-corrected chi connectivity index (χ0v) is 13.5. The Morgan fingerprint density at radius 1 is 1.39 bits per heavy atom. The Bertz CT molecular complexity index is 684. The zero-order valence-electron chi connectivity index (χ0n) is 13.5. The standard InChI is InChI=1S/C16H23N5O2/c1-21(2)11-12-5-3-6-13(9-12)23-8-4-7-18-16-19-10-14(17)15(22)20-16/h3,5-6,9-10H,4,7-8,11,17H2,1-2H3,(H2,18,19,20,22). The second kappa shape index (κ2) is 8.19. The van der Waals surface area contributed by atoms with Crippen LogP contribution in [0, 0.1) is 0 Å². The predicted octanol–water partition coefficient (Wildman–Crippen LogP) is 1.29. The molecule has 23 heavy (non-hydrogen) atoms. The van der Waals surface area contributed by atoms with Crippen molar-refractivity contribution < 1.29 is 4.74 Å². The molecule has 0 fully saturated rings. The van der Waals surface area contributed by atoms with Crippen LogP contribution in [-0.2, 0) is 6.54 Å². The van der Waals surface area contributed by atoms with Gasteiger partial charge in [-0.1, -0.05) is 12.1 Å². The molecule has 0 spiro atoms. The molecule has 7 nitrogen and oxygen atoms in total. The molecule has 0 saturated carbocycles. The van der Waals surface area contributed by atoms with Crippen molar-refractivity contribution in [2.24, 2.45) is 0 Å². The first-order chi connectivity index (χ1) is 11.0. The van der Waals surface area contributed by atoms with Gasteiger partial charge in [0.05, 0.1) is 12.8 Å². The summed E-state index contributed by atoms with van der Waals surface area (Å²) in [4.78, 5) is 20.0. The molecule has 0 aliphatic carbocycles. The Labute approximate surface area is 135 Å². The minimum Gasteiger partial charge on any atom is -0.494 e. The maximum atomic E-state index is 11.3. The van der Waals surface area contributed by atoms with E-state index >= 15 is 0 Å². The van der Waals surface area contributed by atoms with E-state index in [2.05, 4.69) is 26.3 Å². The molecule has 4 N–H and O–H groups in total. The van der Waals surface area contributed by atoms with Crippen molar-refractivity contribution in [2.75, 3.05) is 38.3 Å². The third-order valence-electron chi connectivity index (χ3n) is 3.11. The summed E-state index contributed by atoms with van der Waals surface area (Å²) in [6.45, 7) is 2.11. The normalized spacial score (nSPS) is 10.7. The Kier molecular flexibility index (Phi) is 5.99. The Hall–Kier alpha value is -2.54. The first-order valence-corrected chi connectivity index (χ1v) is 7.50. The highest BCUT2D eigenvalue weighted by Gasteiger charge is 2.00. The monoisotopic (exact) mass is 317 g/mol. The summed E-state index contributed by atoms with van der Waals surface area (Å²) < 4.78 is 5.74. The van der Waals surface area contributed by atoms with Crippen LogP contribution < -0.4 is 21.3 Å². The number of aromatic amines is 1. The fraction of sp³-hybridized carbons (Fsp3) is 0.375. The third-order valence-corrected chi connectivity index (χ3v) is 3.11. The summed E-state index contributed by atoms with van der Waals surface area (Å²) in [5.74, 6) is 1.28. The number of nitrogen functional groups attached to an aromatic ring is 1. The van der Waals surface area contributed by atoms with Crippen LogP contribution in [0.15, 0.2) is 35.3 Å². The molecule has 0 saturated heterocycles. The summed E-state index contributed by atoms with van der Waals surface area (Å²) in [7, 11) is 4.07. The predicted molar refractivity (Wildman–Crippen MR) is 91.7 cm³/mol. The van der Waals surface area contributed by atoms with Crippen LogP contribution in [0.2, 0.25) is 0 Å². The molecule has 0 bridgehead atoms. The number of anilines is 2. The van der Waals surface area contributed by atoms with Gasteiger partial charge in [-0.25, -0.2) is 4.98 Å². The summed E-state index contributed by atoms with van der Waals surface area (Å²) >= 11 is 0. The third kappa shape index (κ3) is 5.63. The molecule has 0 amide bonds. The second-order valence-electron chi connectivity index (χ2n) is 5.53. The topological polar surface area (TPSA) is 96.3 Å². The lowest BCUT2D eigenvalue weighted by Gasteiger charge is -2.12. The highest BCUT2D eigenvalue weighted by molar-refractivity contribution is 5.35. The van der Waals surface area contributed by atoms with E-state index in [-0.39, 0.29) is 11.2 Å². The summed E-state index contributed by atoms with van der Waals surface area (Å²) in [5.41, 5.74) is 6.40. The highest BCUT2D eigenvalue weighted by Crippen LogP contribution is 2.14. The zero-order chi connectivity index (χ0) is 16.7. The molecular weight excluding hydrogens is 294 g/mol. The largest absolute Gasteiger partial charge is 0.494 e. The van der Waals surface area contributed by atoms with E-state index < -0.39 is 0 Å². The fourth-order valence-corrected chi connectivity index (χ4v) is 2.06. The number of nitrogens with one attached hydrogen (secondary N) is 2. The number of rotatable bonds is 8. The molecular formula is C16H23N5O2. The van der Waals surface area contributed by atoms with Crippen LogP contribution in [0.25, 0.3) is 0 Å². The van der Waals surface area contributed by atoms with Gasteiger partial charge < -0.3 is 20.7 Å². The Morgan fingerprint density at radius 2 is 2.22 bits per heavy atom. The number of benzene rings is 1. The molecule has 0 atom stereocenters. The quantitative estimate of drug-likeness (QED) is 0.635. The van der Waals surface area contributed by atoms with Gasteiger partial charge in [-0.15, -0.1) is 0 Å². The molecule has 2 aromatic rings. The SMILES string of the molecule is CN(C)Cc1cccc(OCCCNc2ncc(N)c(=O)[nH]2)c1. The fourth-order valence-electron chi connectivity index (χ4n) is 2.06. The van der Waals surface area contributed by atoms with E-state index in [0.717, 1.165) is 18.7 Å². The van der Waals surface area contributed by atoms with Crippen LogP contribution in [0.5, 0.6) is 5.75 Å². The van der Waals surface area contributed by atoms with E-state index in [0.29, 0.717) is 19.1 Å². The number of hydrogen-bond donors (Lipinski definition) is 3. The van der Waals surface area contributed by atoms with Gasteiger partial charge in [0.2, 0.25) is 5.95 Å². The molecule has 124 valence electrons. The number of nitrogens with two attached hydrogens (primary N) is 1. The lowest BCUT2D eigenvalue weighted by Crippen LogP contribution is -2.17. The summed E-state index contributed by atoms with van der Waals surface area (Å²) in [5, 5.41) is 3.03. The molecule has 0 aliphatic rings. The van der Waals surface area contributed by atoms with E-state index in [4.69, 9.17) is 10.5 Å². The van der Waals surface area contributed by atoms with E-state index in [1.165, 1.54) is 11.8 Å². The molecule has 1 aromatic carbocycles. The Balaban J connectivity index is 1.73. The summed E-state index contributed by atoms with van der Waals surface area (Å²) in [6.07, 6.45) is 2.12. The maximum Gasteiger partial charge on any atom is 0.275 e. The van der Waals surface area contributed by atoms with Crippen molar-refractivity contribution in [3.05, 3.63) is 46.4 Å². The van der Waals surface area contributed by atoms with Crippen molar-refractivity contribution in [1.82, 2.24) is 14.9 Å². The van der Waals surface area contributed by atoms with Crippen molar-refractivity contribution in [2.45, 2.75) is 13.0 Å². The molecule has 7 heteroatoms. The molecule has 0 radical (unpaired) electrons. The van der Waals surface area contributed by atoms with Crippen LogP contribution in [0.4, 0.5) is 11.6 Å². The molecule has 2 rings (SSSR count). The van der Waals surface area contributed by atoms with Gasteiger partial charge in [-0.3, -0.25) is 9.78 Å². The van der Waals surface area contributed by atoms with Gasteiger partial charge in [0.15, 0.2) is 0 Å². The number of ether oxygens (including phenoxy) is 1. The lowest BCUT2D eigenvalue weighted by atomic mass is 10.2. The lowest BCUT2D eigenvalue weighted by molar-refractivity contribution is 0.313. The van der Waals surface area contributed by atoms with Crippen molar-refractivity contribution in [3.8, 4) is 5.75 Å². The van der Waals surface area contributed by atoms with Crippen molar-refractivity contribution >= 4 is 11.6 Å². The molecule has 1 heterocycles. The average molecular weight is 317 g/mol. The van der Waals surface area contributed by atoms with E-state index in [9.17, 15) is 4.79 Å². The van der Waals surface area contributed by atoms with Crippen LogP contribution in [0.1, 0.15) is 12.0 Å². The Morgan fingerprint density at radius 3 is 2.96 bits per heavy atom. The second-order valence-corrected chi connectivity index (χ2v) is 5.53. The average Bonchev–Trinajstić information content (AvgIpc) is 2.50. The number of H-pyrrole nitrogens is 1. The molecule has 0 unspecified atom stereocenters. The minimum atomic E-state index is -0.337. The number of hydrogen-bond acceptors (Lipinski definition) is 6. The minimum absolute atomic E-state index is 0.108. The first kappa shape index (κ1) is 16.8. The maximum absolute atomic E-state index is 11.3. The van der Waals surface area contributed by atoms with E-state index in [1.807, 2.05) is 32.3 Å². The number of aromatic nitrogens is 2. The van der Waals surface area contributed by atoms with Crippen LogP contribution in [-0.4, -0.2) is 42.1 Å².